The first-order valence-corrected chi connectivity index (χ1v) is 11.2. The first-order valence-electron chi connectivity index (χ1n) is 5.77. The molecule has 0 saturated heterocycles. The number of hydrogen-bond acceptors (Lipinski definition) is 0. The Bertz CT molecular complexity index is 382. The van der Waals surface area contributed by atoms with Gasteiger partial charge < -0.3 is 0 Å². The van der Waals surface area contributed by atoms with Gasteiger partial charge in [0.1, 0.15) is 0 Å². The van der Waals surface area contributed by atoms with Crippen LogP contribution in [-0.2, 0) is 24.7 Å². The number of allylic oxidation sites excluding steroid dienone is 1. The SMILES string of the molecule is CC1=Cc2ccccc2[CH]1[Zr].C[Si](C)(C)C. The van der Waals surface area contributed by atoms with Crippen molar-refractivity contribution in [2.24, 2.45) is 0 Å². The molecule has 0 N–H and O–H groups in total. The molecule has 16 heavy (non-hydrogen) atoms. The quantitative estimate of drug-likeness (QED) is 0.612. The molecule has 1 atom stereocenters. The zero-order valence-corrected chi connectivity index (χ0v) is 14.4. The molecule has 2 heteroatoms. The standard InChI is InChI=1S/C10H9.C4H12Si.Zr/c1-8-6-9-4-2-3-5-10(9)7-8;1-5(2,3)4;/h2-7H,1H3;1-4H3;. The van der Waals surface area contributed by atoms with Crippen LogP contribution in [0.2, 0.25) is 26.2 Å². The van der Waals surface area contributed by atoms with E-state index < -0.39 is 8.07 Å². The summed E-state index contributed by atoms with van der Waals surface area (Å²) in [6.07, 6.45) is 2.30. The van der Waals surface area contributed by atoms with Crippen molar-refractivity contribution in [1.29, 1.82) is 0 Å². The van der Waals surface area contributed by atoms with E-state index in [4.69, 9.17) is 0 Å². The fraction of sp³-hybridized carbons (Fsp3) is 0.429. The van der Waals surface area contributed by atoms with E-state index in [0.29, 0.717) is 0 Å². The molecule has 0 radical (unpaired) electrons. The molecule has 1 unspecified atom stereocenters. The number of benzene rings is 1. The minimum absolute atomic E-state index is 0.611. The van der Waals surface area contributed by atoms with Gasteiger partial charge >= 0.3 is 82.3 Å². The third-order valence-corrected chi connectivity index (χ3v) is 4.03. The minimum atomic E-state index is -0.611. The average Bonchev–Trinajstić information content (AvgIpc) is 2.41. The van der Waals surface area contributed by atoms with Crippen LogP contribution in [-0.4, -0.2) is 8.07 Å². The van der Waals surface area contributed by atoms with Crippen molar-refractivity contribution in [1.82, 2.24) is 0 Å². The maximum absolute atomic E-state index is 2.33. The fourth-order valence-corrected chi connectivity index (χ4v) is 2.33. The summed E-state index contributed by atoms with van der Waals surface area (Å²) < 4.78 is 0.721. The Morgan fingerprint density at radius 1 is 1.06 bits per heavy atom. The molecular formula is C14H21SiZr. The predicted molar refractivity (Wildman–Crippen MR) is 72.0 cm³/mol. The zero-order valence-electron chi connectivity index (χ0n) is 11.0. The first-order chi connectivity index (χ1) is 7.29. The molecular weight excluding hydrogens is 287 g/mol. The van der Waals surface area contributed by atoms with E-state index >= 15 is 0 Å². The Morgan fingerprint density at radius 3 is 2.06 bits per heavy atom. The molecule has 0 saturated carbocycles. The van der Waals surface area contributed by atoms with Gasteiger partial charge in [0.15, 0.2) is 0 Å². The molecule has 0 heterocycles. The monoisotopic (exact) mass is 307 g/mol. The van der Waals surface area contributed by atoms with Crippen molar-refractivity contribution < 1.29 is 24.7 Å². The topological polar surface area (TPSA) is 0 Å². The second-order valence-corrected chi connectivity index (χ2v) is 13.4. The van der Waals surface area contributed by atoms with E-state index in [2.05, 4.69) is 63.5 Å². The van der Waals surface area contributed by atoms with Crippen LogP contribution < -0.4 is 0 Å². The molecule has 0 aliphatic heterocycles. The van der Waals surface area contributed by atoms with Gasteiger partial charge in [-0.05, 0) is 0 Å². The van der Waals surface area contributed by atoms with Gasteiger partial charge in [0, 0.05) is 8.07 Å². The molecule has 0 aromatic heterocycles. The maximum Gasteiger partial charge on any atom is 0.0411 e. The summed E-state index contributed by atoms with van der Waals surface area (Å²) in [5.74, 6) is 0. The molecule has 1 aromatic carbocycles. The molecule has 1 aromatic rings. The van der Waals surface area contributed by atoms with Crippen LogP contribution in [0, 0.1) is 0 Å². The van der Waals surface area contributed by atoms with Crippen molar-refractivity contribution in [3.8, 4) is 0 Å². The van der Waals surface area contributed by atoms with Crippen molar-refractivity contribution >= 4 is 14.1 Å². The fourth-order valence-electron chi connectivity index (χ4n) is 1.48. The first kappa shape index (κ1) is 14.1. The van der Waals surface area contributed by atoms with E-state index in [9.17, 15) is 0 Å². The molecule has 1 aliphatic rings. The van der Waals surface area contributed by atoms with Gasteiger partial charge in [-0.25, -0.2) is 0 Å². The van der Waals surface area contributed by atoms with Gasteiger partial charge in [-0.1, -0.05) is 26.2 Å². The summed E-state index contributed by atoms with van der Waals surface area (Å²) in [6, 6.07) is 8.67. The summed E-state index contributed by atoms with van der Waals surface area (Å²) in [4.78, 5) is 0. The van der Waals surface area contributed by atoms with Crippen molar-refractivity contribution in [2.75, 3.05) is 0 Å². The normalized spacial score (nSPS) is 18.2. The van der Waals surface area contributed by atoms with Crippen molar-refractivity contribution in [3.63, 3.8) is 0 Å². The molecule has 0 amide bonds. The van der Waals surface area contributed by atoms with Gasteiger partial charge in [0.2, 0.25) is 0 Å². The van der Waals surface area contributed by atoms with Crippen molar-refractivity contribution in [3.05, 3.63) is 41.0 Å². The van der Waals surface area contributed by atoms with E-state index in [1.165, 1.54) is 16.7 Å². The molecule has 0 fully saturated rings. The summed E-state index contributed by atoms with van der Waals surface area (Å²) in [6.45, 7) is 11.5. The third kappa shape index (κ3) is 4.51. The molecule has 2 rings (SSSR count). The van der Waals surface area contributed by atoms with E-state index in [1.54, 1.807) is 24.7 Å². The second kappa shape index (κ2) is 5.60. The van der Waals surface area contributed by atoms with Crippen LogP contribution in [0.3, 0.4) is 0 Å². The molecule has 1 aliphatic carbocycles. The van der Waals surface area contributed by atoms with Crippen LogP contribution in [0.5, 0.6) is 0 Å². The third-order valence-electron chi connectivity index (χ3n) is 2.15. The van der Waals surface area contributed by atoms with Crippen LogP contribution in [0.1, 0.15) is 21.7 Å². The Labute approximate surface area is 116 Å². The van der Waals surface area contributed by atoms with Crippen LogP contribution >= 0.6 is 0 Å². The average molecular weight is 309 g/mol. The Morgan fingerprint density at radius 2 is 1.56 bits per heavy atom. The van der Waals surface area contributed by atoms with E-state index in [-0.39, 0.29) is 0 Å². The number of fused-ring (bicyclic) bond motifs is 1. The van der Waals surface area contributed by atoms with Crippen LogP contribution in [0.25, 0.3) is 6.08 Å². The summed E-state index contributed by atoms with van der Waals surface area (Å²) in [7, 11) is -0.611. The van der Waals surface area contributed by atoms with Crippen LogP contribution in [0.15, 0.2) is 29.8 Å². The molecule has 85 valence electrons. The van der Waals surface area contributed by atoms with E-state index in [1.807, 2.05) is 0 Å². The predicted octanol–water partition coefficient (Wildman–Crippen LogP) is 4.65. The summed E-state index contributed by atoms with van der Waals surface area (Å²) >= 11 is 1.60. The molecule has 0 spiro atoms. The van der Waals surface area contributed by atoms with Gasteiger partial charge in [-0.2, -0.15) is 0 Å². The summed E-state index contributed by atoms with van der Waals surface area (Å²) in [5, 5.41) is 0. The van der Waals surface area contributed by atoms with Gasteiger partial charge in [-0.15, -0.1) is 0 Å². The Kier molecular flexibility index (Phi) is 4.94. The summed E-state index contributed by atoms with van der Waals surface area (Å²) in [5.41, 5.74) is 4.46. The number of rotatable bonds is 0. The number of hydrogen-bond donors (Lipinski definition) is 0. The Hall–Kier alpha value is 0.0600. The largest absolute Gasteiger partial charge is 0.0697 e. The van der Waals surface area contributed by atoms with Gasteiger partial charge in [-0.3, -0.25) is 0 Å². The van der Waals surface area contributed by atoms with E-state index in [0.717, 1.165) is 3.63 Å². The maximum atomic E-state index is 2.33. The molecule has 0 nitrogen and oxygen atoms in total. The molecule has 0 bridgehead atoms. The van der Waals surface area contributed by atoms with Crippen molar-refractivity contribution in [2.45, 2.75) is 36.7 Å². The Balaban J connectivity index is 0.000000221. The van der Waals surface area contributed by atoms with Gasteiger partial charge in [0.05, 0.1) is 0 Å². The minimum Gasteiger partial charge on any atom is -0.0697 e. The van der Waals surface area contributed by atoms with Crippen LogP contribution in [0.4, 0.5) is 0 Å². The van der Waals surface area contributed by atoms with Gasteiger partial charge in [0.25, 0.3) is 0 Å². The smallest absolute Gasteiger partial charge is 0.0411 e. The second-order valence-electron chi connectivity index (χ2n) is 5.95. The zero-order chi connectivity index (χ0) is 12.3.